The van der Waals surface area contributed by atoms with E-state index in [1.54, 1.807) is 6.33 Å². The first-order valence-electron chi connectivity index (χ1n) is 4.21. The van der Waals surface area contributed by atoms with E-state index in [2.05, 4.69) is 23.8 Å². The first kappa shape index (κ1) is 8.97. The zero-order chi connectivity index (χ0) is 8.97. The third-order valence-electron chi connectivity index (χ3n) is 1.83. The Balaban J connectivity index is 2.56. The number of hydrogen-bond acceptors (Lipinski definition) is 2. The molecule has 0 saturated carbocycles. The van der Waals surface area contributed by atoms with Crippen LogP contribution in [0.1, 0.15) is 36.5 Å². The van der Waals surface area contributed by atoms with Gasteiger partial charge < -0.3 is 4.98 Å². The SMILES string of the molecule is CC(C)CCc1[nH]cnc1C=O. The van der Waals surface area contributed by atoms with Crippen LogP contribution in [0.25, 0.3) is 0 Å². The molecule has 3 nitrogen and oxygen atoms in total. The molecule has 0 amide bonds. The van der Waals surface area contributed by atoms with E-state index in [1.807, 2.05) is 0 Å². The monoisotopic (exact) mass is 166 g/mol. The van der Waals surface area contributed by atoms with Crippen molar-refractivity contribution in [2.45, 2.75) is 26.7 Å². The van der Waals surface area contributed by atoms with E-state index in [4.69, 9.17) is 0 Å². The number of hydrogen-bond donors (Lipinski definition) is 1. The van der Waals surface area contributed by atoms with Crippen molar-refractivity contribution in [1.82, 2.24) is 9.97 Å². The van der Waals surface area contributed by atoms with Crippen LogP contribution in [-0.2, 0) is 6.42 Å². The van der Waals surface area contributed by atoms with Crippen LogP contribution >= 0.6 is 0 Å². The zero-order valence-corrected chi connectivity index (χ0v) is 7.50. The lowest BCUT2D eigenvalue weighted by Crippen LogP contribution is -1.95. The number of imidazole rings is 1. The number of nitrogens with zero attached hydrogens (tertiary/aromatic N) is 1. The van der Waals surface area contributed by atoms with Gasteiger partial charge in [-0.2, -0.15) is 0 Å². The number of carbonyl (C=O) groups excluding carboxylic acids is 1. The van der Waals surface area contributed by atoms with Crippen molar-refractivity contribution in [3.63, 3.8) is 0 Å². The normalized spacial score (nSPS) is 10.6. The Morgan fingerprint density at radius 2 is 2.42 bits per heavy atom. The maximum Gasteiger partial charge on any atom is 0.170 e. The molecule has 0 atom stereocenters. The summed E-state index contributed by atoms with van der Waals surface area (Å²) in [5, 5.41) is 0. The number of aldehydes is 1. The van der Waals surface area contributed by atoms with Crippen LogP contribution in [0.4, 0.5) is 0 Å². The smallest absolute Gasteiger partial charge is 0.170 e. The van der Waals surface area contributed by atoms with Gasteiger partial charge in [-0.25, -0.2) is 4.98 Å². The third kappa shape index (κ3) is 2.19. The molecule has 66 valence electrons. The highest BCUT2D eigenvalue weighted by Gasteiger charge is 2.04. The summed E-state index contributed by atoms with van der Waals surface area (Å²) in [6.45, 7) is 4.33. The summed E-state index contributed by atoms with van der Waals surface area (Å²) in [4.78, 5) is 17.3. The summed E-state index contributed by atoms with van der Waals surface area (Å²) in [5.41, 5.74) is 1.51. The molecule has 0 spiro atoms. The molecule has 1 rings (SSSR count). The van der Waals surface area contributed by atoms with Gasteiger partial charge in [-0.1, -0.05) is 13.8 Å². The molecule has 1 aromatic rings. The van der Waals surface area contributed by atoms with Gasteiger partial charge >= 0.3 is 0 Å². The Kier molecular flexibility index (Phi) is 3.02. The van der Waals surface area contributed by atoms with E-state index >= 15 is 0 Å². The number of aromatic nitrogens is 2. The molecule has 1 aromatic heterocycles. The summed E-state index contributed by atoms with van der Waals surface area (Å²) >= 11 is 0. The van der Waals surface area contributed by atoms with Crippen LogP contribution in [0.2, 0.25) is 0 Å². The Morgan fingerprint density at radius 1 is 1.67 bits per heavy atom. The summed E-state index contributed by atoms with van der Waals surface area (Å²) in [6.07, 6.45) is 4.36. The Hall–Kier alpha value is -1.12. The average molecular weight is 166 g/mol. The summed E-state index contributed by atoms with van der Waals surface area (Å²) in [6, 6.07) is 0. The second-order valence-corrected chi connectivity index (χ2v) is 3.32. The minimum absolute atomic E-state index is 0.552. The molecule has 0 aromatic carbocycles. The fraction of sp³-hybridized carbons (Fsp3) is 0.556. The first-order valence-corrected chi connectivity index (χ1v) is 4.21. The number of aromatic amines is 1. The predicted octanol–water partition coefficient (Wildman–Crippen LogP) is 1.81. The van der Waals surface area contributed by atoms with Crippen LogP contribution in [0, 0.1) is 5.92 Å². The maximum atomic E-state index is 10.5. The number of H-pyrrole nitrogens is 1. The zero-order valence-electron chi connectivity index (χ0n) is 7.50. The molecule has 0 aliphatic carbocycles. The average Bonchev–Trinajstić information content (AvgIpc) is 2.47. The van der Waals surface area contributed by atoms with E-state index in [9.17, 15) is 4.79 Å². The molecule has 0 unspecified atom stereocenters. The number of aryl methyl sites for hydroxylation is 1. The second kappa shape index (κ2) is 4.04. The Labute approximate surface area is 72.2 Å². The van der Waals surface area contributed by atoms with Crippen LogP contribution in [0.3, 0.4) is 0 Å². The lowest BCUT2D eigenvalue weighted by molar-refractivity contribution is 0.111. The second-order valence-electron chi connectivity index (χ2n) is 3.32. The quantitative estimate of drug-likeness (QED) is 0.693. The molecule has 3 heteroatoms. The fourth-order valence-electron chi connectivity index (χ4n) is 1.07. The molecule has 12 heavy (non-hydrogen) atoms. The highest BCUT2D eigenvalue weighted by molar-refractivity contribution is 5.73. The summed E-state index contributed by atoms with van der Waals surface area (Å²) in [5.74, 6) is 0.660. The van der Waals surface area contributed by atoms with Crippen molar-refractivity contribution in [2.75, 3.05) is 0 Å². The van der Waals surface area contributed by atoms with Gasteiger partial charge in [0, 0.05) is 5.69 Å². The fourth-order valence-corrected chi connectivity index (χ4v) is 1.07. The molecule has 0 aliphatic rings. The number of nitrogens with one attached hydrogen (secondary N) is 1. The largest absolute Gasteiger partial charge is 0.348 e. The highest BCUT2D eigenvalue weighted by atomic mass is 16.1. The van der Waals surface area contributed by atoms with Crippen LogP contribution < -0.4 is 0 Å². The van der Waals surface area contributed by atoms with Crippen molar-refractivity contribution in [1.29, 1.82) is 0 Å². The van der Waals surface area contributed by atoms with Gasteiger partial charge in [0.2, 0.25) is 0 Å². The van der Waals surface area contributed by atoms with E-state index in [1.165, 1.54) is 0 Å². The molecular formula is C9H14N2O. The molecule has 0 radical (unpaired) electrons. The molecule has 0 saturated heterocycles. The minimum Gasteiger partial charge on any atom is -0.348 e. The van der Waals surface area contributed by atoms with Gasteiger partial charge in [0.25, 0.3) is 0 Å². The lowest BCUT2D eigenvalue weighted by atomic mass is 10.1. The molecule has 1 heterocycles. The van der Waals surface area contributed by atoms with Crippen LogP contribution in [0.5, 0.6) is 0 Å². The summed E-state index contributed by atoms with van der Waals surface area (Å²) < 4.78 is 0. The van der Waals surface area contributed by atoms with Crippen LogP contribution in [0.15, 0.2) is 6.33 Å². The van der Waals surface area contributed by atoms with E-state index < -0.39 is 0 Å². The molecule has 0 bridgehead atoms. The van der Waals surface area contributed by atoms with Gasteiger partial charge in [-0.05, 0) is 18.8 Å². The van der Waals surface area contributed by atoms with Crippen molar-refractivity contribution < 1.29 is 4.79 Å². The van der Waals surface area contributed by atoms with Crippen molar-refractivity contribution in [3.8, 4) is 0 Å². The van der Waals surface area contributed by atoms with Crippen molar-refractivity contribution in [3.05, 3.63) is 17.7 Å². The minimum atomic E-state index is 0.552. The molecule has 0 aliphatic heterocycles. The van der Waals surface area contributed by atoms with Crippen LogP contribution in [-0.4, -0.2) is 16.3 Å². The van der Waals surface area contributed by atoms with Gasteiger partial charge in [-0.3, -0.25) is 4.79 Å². The van der Waals surface area contributed by atoms with Crippen molar-refractivity contribution >= 4 is 6.29 Å². The first-order chi connectivity index (χ1) is 5.74. The van der Waals surface area contributed by atoms with E-state index in [0.29, 0.717) is 11.6 Å². The Morgan fingerprint density at radius 3 is 3.00 bits per heavy atom. The highest BCUT2D eigenvalue weighted by Crippen LogP contribution is 2.08. The molecule has 0 fully saturated rings. The lowest BCUT2D eigenvalue weighted by Gasteiger charge is -2.01. The van der Waals surface area contributed by atoms with Gasteiger partial charge in [0.05, 0.1) is 6.33 Å². The summed E-state index contributed by atoms with van der Waals surface area (Å²) in [7, 11) is 0. The maximum absolute atomic E-state index is 10.5. The van der Waals surface area contributed by atoms with Gasteiger partial charge in [0.15, 0.2) is 6.29 Å². The number of rotatable bonds is 4. The third-order valence-corrected chi connectivity index (χ3v) is 1.83. The molecular weight excluding hydrogens is 152 g/mol. The molecule has 1 N–H and O–H groups in total. The topological polar surface area (TPSA) is 45.8 Å². The Bertz CT molecular complexity index is 253. The number of carbonyl (C=O) groups is 1. The van der Waals surface area contributed by atoms with E-state index in [-0.39, 0.29) is 0 Å². The van der Waals surface area contributed by atoms with Gasteiger partial charge in [-0.15, -0.1) is 0 Å². The van der Waals surface area contributed by atoms with E-state index in [0.717, 1.165) is 24.8 Å². The predicted molar refractivity (Wildman–Crippen MR) is 47.1 cm³/mol. The van der Waals surface area contributed by atoms with Gasteiger partial charge in [0.1, 0.15) is 5.69 Å². The standard InChI is InChI=1S/C9H14N2O/c1-7(2)3-4-8-9(5-12)11-6-10-8/h5-7H,3-4H2,1-2H3,(H,10,11). The van der Waals surface area contributed by atoms with Crippen molar-refractivity contribution in [2.24, 2.45) is 5.92 Å².